The largest absolute Gasteiger partial charge is 0.374 e. The standard InChI is InChI=1S/C36H37ClF2O4/c37-34-16-15-30(20-31(34)19-27-13-11-26(12-14-27)17-18-41-36(38)39)35-22-32(42-24-29-9-5-2-6-10-29)21-33(43-35)25-40-23-28-7-3-1-4-8-28/h1-16,20,32-33,35-36H,17-19,21-25H2. The Morgan fingerprint density at radius 3 is 2.14 bits per heavy atom. The maximum Gasteiger partial charge on any atom is 0.345 e. The third kappa shape index (κ3) is 9.95. The Bertz CT molecular complexity index is 1390. The van der Waals surface area contributed by atoms with Gasteiger partial charge in [-0.2, -0.15) is 8.78 Å². The summed E-state index contributed by atoms with van der Waals surface area (Å²) in [5.74, 6) is 0. The minimum atomic E-state index is -2.75. The zero-order valence-electron chi connectivity index (χ0n) is 24.0. The van der Waals surface area contributed by atoms with E-state index in [1.165, 1.54) is 0 Å². The van der Waals surface area contributed by atoms with Gasteiger partial charge < -0.3 is 18.9 Å². The minimum absolute atomic E-state index is 0.0133. The topological polar surface area (TPSA) is 36.9 Å². The van der Waals surface area contributed by atoms with E-state index in [2.05, 4.69) is 35.1 Å². The summed E-state index contributed by atoms with van der Waals surface area (Å²) in [5.41, 5.74) is 6.36. The predicted octanol–water partition coefficient (Wildman–Crippen LogP) is 8.73. The van der Waals surface area contributed by atoms with Crippen molar-refractivity contribution in [2.45, 2.75) is 63.8 Å². The van der Waals surface area contributed by atoms with Crippen molar-refractivity contribution in [2.24, 2.45) is 0 Å². The fourth-order valence-electron chi connectivity index (χ4n) is 5.34. The van der Waals surface area contributed by atoms with Gasteiger partial charge in [0.05, 0.1) is 44.7 Å². The normalized spacial score (nSPS) is 18.7. The molecule has 5 rings (SSSR count). The average Bonchev–Trinajstić information content (AvgIpc) is 3.03. The molecule has 4 aromatic rings. The lowest BCUT2D eigenvalue weighted by Gasteiger charge is -2.36. The molecule has 1 heterocycles. The molecule has 3 unspecified atom stereocenters. The molecule has 226 valence electrons. The number of alkyl halides is 2. The maximum absolute atomic E-state index is 12.3. The summed E-state index contributed by atoms with van der Waals surface area (Å²) in [7, 11) is 0. The van der Waals surface area contributed by atoms with E-state index in [1.54, 1.807) is 0 Å². The van der Waals surface area contributed by atoms with Crippen molar-refractivity contribution in [2.75, 3.05) is 13.2 Å². The fourth-order valence-corrected chi connectivity index (χ4v) is 5.52. The van der Waals surface area contributed by atoms with Gasteiger partial charge in [-0.15, -0.1) is 0 Å². The van der Waals surface area contributed by atoms with Gasteiger partial charge in [0.1, 0.15) is 0 Å². The van der Waals surface area contributed by atoms with Crippen LogP contribution < -0.4 is 0 Å². The first kappa shape index (κ1) is 31.3. The van der Waals surface area contributed by atoms with Gasteiger partial charge in [0.15, 0.2) is 0 Å². The Morgan fingerprint density at radius 1 is 0.767 bits per heavy atom. The number of hydrogen-bond donors (Lipinski definition) is 0. The summed E-state index contributed by atoms with van der Waals surface area (Å²) in [5, 5.41) is 0.689. The lowest BCUT2D eigenvalue weighted by atomic mass is 9.93. The van der Waals surface area contributed by atoms with Crippen molar-refractivity contribution < 1.29 is 27.7 Å². The molecule has 1 fully saturated rings. The number of halogens is 3. The lowest BCUT2D eigenvalue weighted by molar-refractivity contribution is -0.142. The van der Waals surface area contributed by atoms with Crippen molar-refractivity contribution in [1.82, 2.24) is 0 Å². The summed E-state index contributed by atoms with van der Waals surface area (Å²) in [4.78, 5) is 0. The summed E-state index contributed by atoms with van der Waals surface area (Å²) < 4.78 is 48.0. The van der Waals surface area contributed by atoms with Crippen molar-refractivity contribution in [3.8, 4) is 0 Å². The molecule has 0 bridgehead atoms. The molecule has 4 nitrogen and oxygen atoms in total. The molecule has 0 spiro atoms. The van der Waals surface area contributed by atoms with Gasteiger partial charge in [0.25, 0.3) is 0 Å². The quantitative estimate of drug-likeness (QED) is 0.144. The molecule has 1 saturated heterocycles. The molecule has 0 N–H and O–H groups in total. The lowest BCUT2D eigenvalue weighted by Crippen LogP contribution is -2.35. The molecule has 0 amide bonds. The summed E-state index contributed by atoms with van der Waals surface area (Å²) in [6.45, 7) is -1.20. The van der Waals surface area contributed by atoms with Crippen LogP contribution in [0.5, 0.6) is 0 Å². The van der Waals surface area contributed by atoms with E-state index in [1.807, 2.05) is 72.8 Å². The fraction of sp³-hybridized carbons (Fsp3) is 0.333. The van der Waals surface area contributed by atoms with Crippen LogP contribution in [-0.4, -0.2) is 32.0 Å². The van der Waals surface area contributed by atoms with E-state index in [0.29, 0.717) is 37.7 Å². The molecule has 0 aromatic heterocycles. The number of hydrogen-bond acceptors (Lipinski definition) is 4. The van der Waals surface area contributed by atoms with Crippen molar-refractivity contribution in [3.63, 3.8) is 0 Å². The Labute approximate surface area is 257 Å². The first-order valence-electron chi connectivity index (χ1n) is 14.7. The smallest absolute Gasteiger partial charge is 0.345 e. The second kappa shape index (κ2) is 16.1. The van der Waals surface area contributed by atoms with E-state index < -0.39 is 6.61 Å². The Balaban J connectivity index is 1.25. The van der Waals surface area contributed by atoms with Crippen LogP contribution in [0, 0.1) is 0 Å². The molecule has 7 heteroatoms. The van der Waals surface area contributed by atoms with Gasteiger partial charge in [0, 0.05) is 17.9 Å². The van der Waals surface area contributed by atoms with Crippen LogP contribution in [0.25, 0.3) is 0 Å². The maximum atomic E-state index is 12.3. The SMILES string of the molecule is FC(F)OCCc1ccc(Cc2cc(C3CC(OCc4ccccc4)CC(COCc4ccccc4)O3)ccc2Cl)cc1. The van der Waals surface area contributed by atoms with Crippen molar-refractivity contribution in [3.05, 3.63) is 142 Å². The van der Waals surface area contributed by atoms with Gasteiger partial charge in [-0.3, -0.25) is 0 Å². The van der Waals surface area contributed by atoms with E-state index in [-0.39, 0.29) is 24.9 Å². The van der Waals surface area contributed by atoms with Crippen LogP contribution in [0.1, 0.15) is 52.3 Å². The molecule has 3 atom stereocenters. The Morgan fingerprint density at radius 2 is 1.44 bits per heavy atom. The highest BCUT2D eigenvalue weighted by Crippen LogP contribution is 2.35. The second-order valence-corrected chi connectivity index (χ2v) is 11.3. The predicted molar refractivity (Wildman–Crippen MR) is 164 cm³/mol. The van der Waals surface area contributed by atoms with E-state index >= 15 is 0 Å². The van der Waals surface area contributed by atoms with E-state index in [4.69, 9.17) is 25.8 Å². The average molecular weight is 607 g/mol. The van der Waals surface area contributed by atoms with Crippen LogP contribution >= 0.6 is 11.6 Å². The molecular weight excluding hydrogens is 570 g/mol. The molecule has 4 aromatic carbocycles. The molecule has 1 aliphatic rings. The van der Waals surface area contributed by atoms with Crippen LogP contribution in [-0.2, 0) is 45.0 Å². The zero-order chi connectivity index (χ0) is 29.9. The van der Waals surface area contributed by atoms with E-state index in [0.717, 1.165) is 46.2 Å². The summed E-state index contributed by atoms with van der Waals surface area (Å²) >= 11 is 6.64. The first-order valence-corrected chi connectivity index (χ1v) is 15.1. The third-order valence-corrected chi connectivity index (χ3v) is 7.97. The monoisotopic (exact) mass is 606 g/mol. The van der Waals surface area contributed by atoms with Gasteiger partial charge >= 0.3 is 6.61 Å². The van der Waals surface area contributed by atoms with E-state index in [9.17, 15) is 8.78 Å². The second-order valence-electron chi connectivity index (χ2n) is 10.9. The van der Waals surface area contributed by atoms with Crippen molar-refractivity contribution in [1.29, 1.82) is 0 Å². The molecule has 0 radical (unpaired) electrons. The van der Waals surface area contributed by atoms with Crippen LogP contribution in [0.15, 0.2) is 103 Å². The zero-order valence-corrected chi connectivity index (χ0v) is 24.8. The molecular formula is C36H37ClF2O4. The number of ether oxygens (including phenoxy) is 4. The Hall–Kier alpha value is -3.13. The summed E-state index contributed by atoms with van der Waals surface area (Å²) in [6, 6.07) is 34.3. The van der Waals surface area contributed by atoms with Gasteiger partial charge in [-0.1, -0.05) is 109 Å². The first-order chi connectivity index (χ1) is 21.0. The van der Waals surface area contributed by atoms with Crippen LogP contribution in [0.2, 0.25) is 5.02 Å². The van der Waals surface area contributed by atoms with Crippen LogP contribution in [0.4, 0.5) is 8.78 Å². The van der Waals surface area contributed by atoms with Gasteiger partial charge in [-0.05, 0) is 52.3 Å². The summed E-state index contributed by atoms with van der Waals surface area (Å²) in [6.07, 6.45) is 2.32. The number of benzene rings is 4. The molecule has 0 saturated carbocycles. The van der Waals surface area contributed by atoms with Gasteiger partial charge in [0.2, 0.25) is 0 Å². The molecule has 0 aliphatic carbocycles. The molecule has 1 aliphatic heterocycles. The molecule has 43 heavy (non-hydrogen) atoms. The highest BCUT2D eigenvalue weighted by molar-refractivity contribution is 6.31. The van der Waals surface area contributed by atoms with Crippen LogP contribution in [0.3, 0.4) is 0 Å². The highest BCUT2D eigenvalue weighted by Gasteiger charge is 2.31. The Kier molecular flexibility index (Phi) is 11.7. The highest BCUT2D eigenvalue weighted by atomic mass is 35.5. The number of rotatable bonds is 14. The minimum Gasteiger partial charge on any atom is -0.374 e. The third-order valence-electron chi connectivity index (χ3n) is 7.60. The van der Waals surface area contributed by atoms with Crippen molar-refractivity contribution >= 4 is 11.6 Å². The van der Waals surface area contributed by atoms with Gasteiger partial charge in [-0.25, -0.2) is 0 Å².